The summed E-state index contributed by atoms with van der Waals surface area (Å²) in [6, 6.07) is 12.3. The largest absolute Gasteiger partial charge is 0.482 e. The molecule has 2 aromatic carbocycles. The maximum absolute atomic E-state index is 11.5. The molecule has 9 heteroatoms. The molecule has 0 aliphatic carbocycles. The molecule has 0 saturated carbocycles. The number of ether oxygens (including phenoxy) is 4. The van der Waals surface area contributed by atoms with Gasteiger partial charge in [0.05, 0.1) is 4.92 Å². The maximum atomic E-state index is 11.5. The van der Waals surface area contributed by atoms with E-state index in [2.05, 4.69) is 0 Å². The van der Waals surface area contributed by atoms with Crippen LogP contribution in [0.4, 0.5) is 5.69 Å². The molecule has 158 valence electrons. The fourth-order valence-electron chi connectivity index (χ4n) is 1.83. The van der Waals surface area contributed by atoms with Crippen LogP contribution in [-0.2, 0) is 19.1 Å². The average Bonchev–Trinajstić information content (AvgIpc) is 2.66. The first-order valence-electron chi connectivity index (χ1n) is 7.82. The molecule has 0 atom stereocenters. The number of nitrogens with zero attached hydrogens (tertiary/aromatic N) is 1. The fourth-order valence-corrected chi connectivity index (χ4v) is 1.83. The van der Waals surface area contributed by atoms with Crippen LogP contribution in [0.3, 0.4) is 0 Å². The highest BCUT2D eigenvalue weighted by atomic mass is 16.7. The summed E-state index contributed by atoms with van der Waals surface area (Å²) >= 11 is 0. The lowest BCUT2D eigenvalue weighted by Crippen LogP contribution is -2.21. The Labute approximate surface area is 169 Å². The first-order valence-corrected chi connectivity index (χ1v) is 7.82. The van der Waals surface area contributed by atoms with Crippen LogP contribution >= 0.6 is 0 Å². The third-order valence-electron chi connectivity index (χ3n) is 3.22. The van der Waals surface area contributed by atoms with Crippen LogP contribution in [0.25, 0.3) is 0 Å². The molecule has 9 nitrogen and oxygen atoms in total. The van der Waals surface area contributed by atoms with Crippen LogP contribution < -0.4 is 9.47 Å². The Morgan fingerprint density at radius 3 is 1.66 bits per heavy atom. The summed E-state index contributed by atoms with van der Waals surface area (Å²) in [4.78, 5) is 33.0. The van der Waals surface area contributed by atoms with Gasteiger partial charge in [0.25, 0.3) is 5.69 Å². The summed E-state index contributed by atoms with van der Waals surface area (Å²) in [6.07, 6.45) is 0. The number of carbonyl (C=O) groups is 2. The molecule has 2 aromatic rings. The van der Waals surface area contributed by atoms with Gasteiger partial charge in [0, 0.05) is 12.1 Å². The second-order valence-corrected chi connectivity index (χ2v) is 5.29. The lowest BCUT2D eigenvalue weighted by molar-refractivity contribution is -0.384. The Morgan fingerprint density at radius 1 is 0.828 bits per heavy atom. The number of nitro groups is 1. The van der Waals surface area contributed by atoms with Crippen molar-refractivity contribution in [2.45, 2.75) is 21.8 Å². The molecule has 0 bridgehead atoms. The Kier molecular flexibility index (Phi) is 11.1. The minimum Gasteiger partial charge on any atom is -0.482 e. The van der Waals surface area contributed by atoms with Gasteiger partial charge in [-0.15, -0.1) is 0 Å². The Bertz CT molecular complexity index is 787. The number of non-ortho nitro benzene ring substituents is 1. The fraction of sp³-hybridized carbons (Fsp3) is 0.300. The normalized spacial score (nSPS) is 9.28. The second kappa shape index (κ2) is 12.7. The van der Waals surface area contributed by atoms with Gasteiger partial charge in [0.1, 0.15) is 11.5 Å². The van der Waals surface area contributed by atoms with E-state index in [0.717, 1.165) is 5.56 Å². The molecule has 0 aliphatic heterocycles. The highest BCUT2D eigenvalue weighted by Crippen LogP contribution is 2.17. The van der Waals surface area contributed by atoms with Gasteiger partial charge in [-0.2, -0.15) is 0 Å². The lowest BCUT2D eigenvalue weighted by Gasteiger charge is -2.09. The Hall–Kier alpha value is -3.62. The average molecular weight is 407 g/mol. The zero-order valence-corrected chi connectivity index (χ0v) is 14.5. The van der Waals surface area contributed by atoms with Crippen LogP contribution in [0.5, 0.6) is 11.5 Å². The van der Waals surface area contributed by atoms with E-state index in [1.165, 1.54) is 24.3 Å². The molecule has 0 N–H and O–H groups in total. The van der Waals surface area contributed by atoms with E-state index in [9.17, 15) is 19.7 Å². The summed E-state index contributed by atoms with van der Waals surface area (Å²) in [5.41, 5.74) is 0.970. The summed E-state index contributed by atoms with van der Waals surface area (Å²) in [6.45, 7) is 0.603. The molecule has 0 heterocycles. The van der Waals surface area contributed by atoms with Crippen LogP contribution in [0, 0.1) is 17.0 Å². The number of benzene rings is 2. The lowest BCUT2D eigenvalue weighted by atomic mass is 10.2. The summed E-state index contributed by atoms with van der Waals surface area (Å²) in [5.74, 6) is -0.674. The number of hydrogen-bond donors (Lipinski definition) is 0. The third kappa shape index (κ3) is 9.23. The van der Waals surface area contributed by atoms with Crippen molar-refractivity contribution in [3.05, 3.63) is 64.2 Å². The molecule has 2 rings (SSSR count). The van der Waals surface area contributed by atoms with E-state index in [0.29, 0.717) is 5.75 Å². The van der Waals surface area contributed by atoms with Crippen molar-refractivity contribution in [3.8, 4) is 11.5 Å². The van der Waals surface area contributed by atoms with E-state index >= 15 is 0 Å². The van der Waals surface area contributed by atoms with E-state index < -0.39 is 30.3 Å². The number of hydrogen-bond acceptors (Lipinski definition) is 8. The van der Waals surface area contributed by atoms with Crippen LogP contribution in [0.1, 0.15) is 20.4 Å². The van der Waals surface area contributed by atoms with E-state index in [1.807, 2.05) is 19.1 Å². The molecule has 0 unspecified atom stereocenters. The molecule has 0 aliphatic rings. The smallest absolute Gasteiger partial charge is 0.347 e. The van der Waals surface area contributed by atoms with Gasteiger partial charge >= 0.3 is 11.9 Å². The topological polar surface area (TPSA) is 114 Å². The third-order valence-corrected chi connectivity index (χ3v) is 3.22. The highest BCUT2D eigenvalue weighted by Gasteiger charge is 2.09. The minimum absolute atomic E-state index is 0. The molecule has 0 amide bonds. The SMILES string of the molecule is C.C.Cc1ccc(OCC(=O)OCOC(=O)COc2ccc([N+](=O)[O-])cc2)cc1. The quantitative estimate of drug-likeness (QED) is 0.268. The van der Waals surface area contributed by atoms with Gasteiger partial charge in [-0.1, -0.05) is 32.5 Å². The summed E-state index contributed by atoms with van der Waals surface area (Å²) in [7, 11) is 0. The van der Waals surface area contributed by atoms with Crippen molar-refractivity contribution < 1.29 is 33.5 Å². The van der Waals surface area contributed by atoms with E-state index in [1.54, 1.807) is 12.1 Å². The molecule has 0 saturated heterocycles. The van der Waals surface area contributed by atoms with Gasteiger partial charge in [0.2, 0.25) is 6.79 Å². The van der Waals surface area contributed by atoms with Crippen molar-refractivity contribution in [2.75, 3.05) is 20.0 Å². The monoisotopic (exact) mass is 407 g/mol. The van der Waals surface area contributed by atoms with Crippen molar-refractivity contribution in [1.82, 2.24) is 0 Å². The van der Waals surface area contributed by atoms with Gasteiger partial charge in [-0.05, 0) is 31.2 Å². The van der Waals surface area contributed by atoms with Gasteiger partial charge in [-0.25, -0.2) is 9.59 Å². The Morgan fingerprint density at radius 2 is 1.24 bits per heavy atom. The van der Waals surface area contributed by atoms with Crippen molar-refractivity contribution in [1.29, 1.82) is 0 Å². The number of aryl methyl sites for hydroxylation is 1. The molecule has 0 fully saturated rings. The summed E-state index contributed by atoms with van der Waals surface area (Å²) < 4.78 is 19.7. The number of rotatable bonds is 9. The molecule has 0 aromatic heterocycles. The molecule has 0 spiro atoms. The molecular formula is C20H25NO8. The van der Waals surface area contributed by atoms with Crippen LogP contribution in [0.2, 0.25) is 0 Å². The van der Waals surface area contributed by atoms with Crippen LogP contribution in [-0.4, -0.2) is 36.9 Å². The Balaban J connectivity index is 0.00000392. The van der Waals surface area contributed by atoms with Crippen LogP contribution in [0.15, 0.2) is 48.5 Å². The molecule has 0 radical (unpaired) electrons. The predicted molar refractivity (Wildman–Crippen MR) is 106 cm³/mol. The van der Waals surface area contributed by atoms with Crippen molar-refractivity contribution in [2.24, 2.45) is 0 Å². The molecule has 29 heavy (non-hydrogen) atoms. The van der Waals surface area contributed by atoms with Crippen molar-refractivity contribution in [3.63, 3.8) is 0 Å². The second-order valence-electron chi connectivity index (χ2n) is 5.29. The molecular weight excluding hydrogens is 382 g/mol. The predicted octanol–water partition coefficient (Wildman–Crippen LogP) is 3.68. The zero-order chi connectivity index (χ0) is 19.6. The summed E-state index contributed by atoms with van der Waals surface area (Å²) in [5, 5.41) is 10.5. The van der Waals surface area contributed by atoms with E-state index in [4.69, 9.17) is 18.9 Å². The standard InChI is InChI=1S/C18H17NO8.2CH4/c1-13-2-6-15(7-3-13)24-10-17(20)26-12-27-18(21)11-25-16-8-4-14(5-9-16)19(22)23;;/h2-9H,10-12H2,1H3;2*1H4. The van der Waals surface area contributed by atoms with Gasteiger partial charge < -0.3 is 18.9 Å². The first kappa shape index (κ1) is 25.4. The maximum Gasteiger partial charge on any atom is 0.347 e. The first-order chi connectivity index (χ1) is 12.9. The van der Waals surface area contributed by atoms with Gasteiger partial charge in [0.15, 0.2) is 13.2 Å². The van der Waals surface area contributed by atoms with Crippen molar-refractivity contribution >= 4 is 17.6 Å². The number of esters is 2. The minimum atomic E-state index is -0.763. The highest BCUT2D eigenvalue weighted by molar-refractivity contribution is 5.72. The number of carbonyl (C=O) groups excluding carboxylic acids is 2. The zero-order valence-electron chi connectivity index (χ0n) is 14.5. The number of nitro benzene ring substituents is 1. The van der Waals surface area contributed by atoms with E-state index in [-0.39, 0.29) is 32.9 Å². The van der Waals surface area contributed by atoms with Gasteiger partial charge in [-0.3, -0.25) is 10.1 Å².